The van der Waals surface area contributed by atoms with Gasteiger partial charge in [-0.3, -0.25) is 0 Å². The quantitative estimate of drug-likeness (QED) is 0.352. The van der Waals surface area contributed by atoms with E-state index in [4.69, 9.17) is 0 Å². The van der Waals surface area contributed by atoms with E-state index >= 15 is 0 Å². The van der Waals surface area contributed by atoms with Crippen molar-refractivity contribution in [2.45, 2.75) is 13.8 Å². The zero-order valence-electron chi connectivity index (χ0n) is 7.26. The van der Waals surface area contributed by atoms with Crippen molar-refractivity contribution >= 4 is 5.97 Å². The van der Waals surface area contributed by atoms with Crippen molar-refractivity contribution in [2.24, 2.45) is 5.92 Å². The third kappa shape index (κ3) is 3.03. The van der Waals surface area contributed by atoms with Crippen molar-refractivity contribution in [2.75, 3.05) is 7.11 Å². The number of allylic oxidation sites excluding steroid dienone is 2. The van der Waals surface area contributed by atoms with Crippen LogP contribution in [0.15, 0.2) is 24.3 Å². The monoisotopic (exact) mass is 154 g/mol. The molecule has 2 nitrogen and oxygen atoms in total. The van der Waals surface area contributed by atoms with Crippen molar-refractivity contribution in [3.63, 3.8) is 0 Å². The first-order valence-corrected chi connectivity index (χ1v) is 3.53. The Morgan fingerprint density at radius 1 is 1.64 bits per heavy atom. The summed E-state index contributed by atoms with van der Waals surface area (Å²) in [7, 11) is 1.36. The number of hydrogen-bond donors (Lipinski definition) is 0. The molecule has 0 aromatic rings. The molecule has 0 amide bonds. The molecule has 1 atom stereocenters. The van der Waals surface area contributed by atoms with Crippen LogP contribution in [0.25, 0.3) is 0 Å². The van der Waals surface area contributed by atoms with Gasteiger partial charge in [-0.2, -0.15) is 0 Å². The molecule has 0 saturated carbocycles. The highest BCUT2D eigenvalue weighted by atomic mass is 16.5. The van der Waals surface area contributed by atoms with Crippen LogP contribution in [0.5, 0.6) is 0 Å². The molecule has 2 heteroatoms. The number of esters is 1. The number of hydrogen-bond acceptors (Lipinski definition) is 2. The molecule has 0 heterocycles. The van der Waals surface area contributed by atoms with Crippen molar-refractivity contribution < 1.29 is 9.53 Å². The molecular weight excluding hydrogens is 140 g/mol. The predicted octanol–water partition coefficient (Wildman–Crippen LogP) is 1.93. The van der Waals surface area contributed by atoms with Crippen LogP contribution in [-0.2, 0) is 9.53 Å². The molecule has 0 saturated heterocycles. The largest absolute Gasteiger partial charge is 0.466 e. The molecule has 0 aliphatic heterocycles. The molecule has 62 valence electrons. The smallest absolute Gasteiger partial charge is 0.333 e. The molecule has 0 spiro atoms. The number of ether oxygens (including phenoxy) is 1. The molecule has 0 N–H and O–H groups in total. The van der Waals surface area contributed by atoms with Gasteiger partial charge < -0.3 is 4.74 Å². The van der Waals surface area contributed by atoms with E-state index in [2.05, 4.69) is 11.3 Å². The Kier molecular flexibility index (Phi) is 4.27. The topological polar surface area (TPSA) is 26.3 Å². The van der Waals surface area contributed by atoms with Crippen molar-refractivity contribution in [3.8, 4) is 0 Å². The first-order valence-electron chi connectivity index (χ1n) is 3.53. The van der Waals surface area contributed by atoms with E-state index in [1.807, 2.05) is 26.0 Å². The van der Waals surface area contributed by atoms with Gasteiger partial charge in [-0.05, 0) is 6.92 Å². The SMILES string of the molecule is C=C(C(=O)OC)C(C)/C=C/C. The van der Waals surface area contributed by atoms with E-state index in [9.17, 15) is 4.79 Å². The summed E-state index contributed by atoms with van der Waals surface area (Å²) >= 11 is 0. The van der Waals surface area contributed by atoms with Gasteiger partial charge in [-0.1, -0.05) is 25.7 Å². The van der Waals surface area contributed by atoms with Gasteiger partial charge in [0, 0.05) is 11.5 Å². The summed E-state index contributed by atoms with van der Waals surface area (Å²) in [6.45, 7) is 7.42. The fourth-order valence-electron chi connectivity index (χ4n) is 0.722. The second kappa shape index (κ2) is 4.72. The van der Waals surface area contributed by atoms with Gasteiger partial charge in [0.2, 0.25) is 0 Å². The number of rotatable bonds is 3. The highest BCUT2D eigenvalue weighted by molar-refractivity contribution is 5.88. The summed E-state index contributed by atoms with van der Waals surface area (Å²) in [6.07, 6.45) is 3.79. The Hall–Kier alpha value is -1.05. The van der Waals surface area contributed by atoms with Crippen LogP contribution in [0.1, 0.15) is 13.8 Å². The molecule has 0 aliphatic rings. The third-order valence-corrected chi connectivity index (χ3v) is 1.48. The Bertz CT molecular complexity index is 180. The molecule has 0 rings (SSSR count). The lowest BCUT2D eigenvalue weighted by molar-refractivity contribution is -0.136. The minimum absolute atomic E-state index is 0.0625. The average Bonchev–Trinajstić information content (AvgIpc) is 2.02. The predicted molar refractivity (Wildman–Crippen MR) is 45.1 cm³/mol. The van der Waals surface area contributed by atoms with Gasteiger partial charge >= 0.3 is 5.97 Å². The second-order valence-corrected chi connectivity index (χ2v) is 2.33. The van der Waals surface area contributed by atoms with Crippen LogP contribution in [0.3, 0.4) is 0 Å². The van der Waals surface area contributed by atoms with Gasteiger partial charge in [0.25, 0.3) is 0 Å². The van der Waals surface area contributed by atoms with Crippen LogP contribution in [0, 0.1) is 5.92 Å². The lowest BCUT2D eigenvalue weighted by Gasteiger charge is -2.06. The van der Waals surface area contributed by atoms with Crippen LogP contribution >= 0.6 is 0 Å². The Morgan fingerprint density at radius 2 is 2.18 bits per heavy atom. The molecule has 0 aliphatic carbocycles. The van der Waals surface area contributed by atoms with Crippen LogP contribution in [0.4, 0.5) is 0 Å². The van der Waals surface area contributed by atoms with E-state index in [0.717, 1.165) is 0 Å². The maximum atomic E-state index is 10.9. The van der Waals surface area contributed by atoms with Crippen molar-refractivity contribution in [1.82, 2.24) is 0 Å². The fourth-order valence-corrected chi connectivity index (χ4v) is 0.722. The van der Waals surface area contributed by atoms with Crippen molar-refractivity contribution in [1.29, 1.82) is 0 Å². The standard InChI is InChI=1S/C9H14O2/c1-5-6-7(2)8(3)9(10)11-4/h5-7H,3H2,1-2,4H3/b6-5+. The lowest BCUT2D eigenvalue weighted by atomic mass is 10.0. The van der Waals surface area contributed by atoms with Gasteiger partial charge in [0.1, 0.15) is 0 Å². The van der Waals surface area contributed by atoms with Crippen LogP contribution in [0.2, 0.25) is 0 Å². The van der Waals surface area contributed by atoms with Crippen LogP contribution < -0.4 is 0 Å². The third-order valence-electron chi connectivity index (χ3n) is 1.48. The number of carbonyl (C=O) groups is 1. The summed E-state index contributed by atoms with van der Waals surface area (Å²) in [5.74, 6) is -0.275. The molecule has 0 radical (unpaired) electrons. The van der Waals surface area contributed by atoms with E-state index in [1.165, 1.54) is 7.11 Å². The highest BCUT2D eigenvalue weighted by Crippen LogP contribution is 2.10. The van der Waals surface area contributed by atoms with Crippen LogP contribution in [-0.4, -0.2) is 13.1 Å². The summed E-state index contributed by atoms with van der Waals surface area (Å²) in [5, 5.41) is 0. The van der Waals surface area contributed by atoms with Gasteiger partial charge in [-0.25, -0.2) is 4.79 Å². The summed E-state index contributed by atoms with van der Waals surface area (Å²) in [5.41, 5.74) is 0.491. The van der Waals surface area contributed by atoms with E-state index in [0.29, 0.717) is 5.57 Å². The molecule has 1 unspecified atom stereocenters. The normalized spacial score (nSPS) is 13.0. The molecular formula is C9H14O2. The summed E-state index contributed by atoms with van der Waals surface area (Å²) in [4.78, 5) is 10.9. The van der Waals surface area contributed by atoms with Gasteiger partial charge in [-0.15, -0.1) is 0 Å². The average molecular weight is 154 g/mol. The molecule has 0 bridgehead atoms. The van der Waals surface area contributed by atoms with Gasteiger partial charge in [0.15, 0.2) is 0 Å². The number of carbonyl (C=O) groups excluding carboxylic acids is 1. The zero-order valence-corrected chi connectivity index (χ0v) is 7.26. The van der Waals surface area contributed by atoms with E-state index in [1.54, 1.807) is 0 Å². The minimum atomic E-state index is -0.337. The summed E-state index contributed by atoms with van der Waals surface area (Å²) in [6, 6.07) is 0. The Morgan fingerprint density at radius 3 is 2.55 bits per heavy atom. The fraction of sp³-hybridized carbons (Fsp3) is 0.444. The maximum Gasteiger partial charge on any atom is 0.333 e. The second-order valence-electron chi connectivity index (χ2n) is 2.33. The number of methoxy groups -OCH3 is 1. The maximum absolute atomic E-state index is 10.9. The highest BCUT2D eigenvalue weighted by Gasteiger charge is 2.11. The molecule has 11 heavy (non-hydrogen) atoms. The molecule has 0 aromatic heterocycles. The van der Waals surface area contributed by atoms with E-state index in [-0.39, 0.29) is 11.9 Å². The molecule has 0 aromatic carbocycles. The lowest BCUT2D eigenvalue weighted by Crippen LogP contribution is -2.09. The first-order chi connectivity index (χ1) is 5.13. The Balaban J connectivity index is 4.13. The zero-order chi connectivity index (χ0) is 8.85. The summed E-state index contributed by atoms with van der Waals surface area (Å²) < 4.78 is 4.51. The van der Waals surface area contributed by atoms with Crippen molar-refractivity contribution in [3.05, 3.63) is 24.3 Å². The molecule has 0 fully saturated rings. The van der Waals surface area contributed by atoms with E-state index < -0.39 is 0 Å². The minimum Gasteiger partial charge on any atom is -0.466 e. The van der Waals surface area contributed by atoms with Gasteiger partial charge in [0.05, 0.1) is 7.11 Å². The Labute approximate surface area is 67.6 Å². The first kappa shape index (κ1) is 9.95.